The van der Waals surface area contributed by atoms with E-state index in [1.54, 1.807) is 12.3 Å². The Balaban J connectivity index is 1.39. The molecule has 0 aromatic carbocycles. The first-order valence-electron chi connectivity index (χ1n) is 14.5. The molecule has 10 nitrogen and oxygen atoms in total. The summed E-state index contributed by atoms with van der Waals surface area (Å²) in [6.45, 7) is 7.95. The van der Waals surface area contributed by atoms with Crippen LogP contribution in [0.25, 0.3) is 6.08 Å². The molecule has 11 heteroatoms. The Kier molecular flexibility index (Phi) is 10.6. The predicted octanol–water partition coefficient (Wildman–Crippen LogP) is 3.28. The average Bonchev–Trinajstić information content (AvgIpc) is 3.30. The van der Waals surface area contributed by atoms with Crippen LogP contribution in [0.3, 0.4) is 0 Å². The van der Waals surface area contributed by atoms with Crippen LogP contribution in [-0.4, -0.2) is 72.6 Å². The van der Waals surface area contributed by atoms with Gasteiger partial charge >= 0.3 is 0 Å². The van der Waals surface area contributed by atoms with E-state index in [9.17, 15) is 14.4 Å². The average molecular weight is 580 g/mol. The van der Waals surface area contributed by atoms with Crippen molar-refractivity contribution in [2.75, 3.05) is 44.2 Å². The van der Waals surface area contributed by atoms with Gasteiger partial charge in [-0.05, 0) is 49.5 Å². The fourth-order valence-corrected chi connectivity index (χ4v) is 6.21. The van der Waals surface area contributed by atoms with E-state index in [1.807, 2.05) is 23.1 Å². The number of ketones is 1. The van der Waals surface area contributed by atoms with Crippen LogP contribution in [0.4, 0.5) is 11.5 Å². The molecule has 0 saturated carbocycles. The van der Waals surface area contributed by atoms with Gasteiger partial charge in [-0.2, -0.15) is 0 Å². The lowest BCUT2D eigenvalue weighted by Crippen LogP contribution is -2.42. The Labute approximate surface area is 245 Å². The van der Waals surface area contributed by atoms with E-state index in [4.69, 9.17) is 11.5 Å². The molecule has 2 amide bonds. The maximum absolute atomic E-state index is 13.2. The van der Waals surface area contributed by atoms with Crippen LogP contribution in [0.2, 0.25) is 0 Å². The van der Waals surface area contributed by atoms with Crippen molar-refractivity contribution in [2.24, 2.45) is 22.4 Å². The number of carbonyl (C=O) groups is 3. The second-order valence-corrected chi connectivity index (χ2v) is 11.7. The van der Waals surface area contributed by atoms with Gasteiger partial charge in [0, 0.05) is 69.8 Å². The minimum absolute atomic E-state index is 0.00552. The van der Waals surface area contributed by atoms with Gasteiger partial charge in [0.1, 0.15) is 11.7 Å². The molecule has 5 N–H and O–H groups in total. The van der Waals surface area contributed by atoms with Gasteiger partial charge in [0.15, 0.2) is 5.78 Å². The predicted molar refractivity (Wildman–Crippen MR) is 165 cm³/mol. The second-order valence-electron chi connectivity index (χ2n) is 10.6. The van der Waals surface area contributed by atoms with Crippen molar-refractivity contribution in [1.82, 2.24) is 15.2 Å². The largest absolute Gasteiger partial charge is 0.387 e. The number of rotatable bonds is 12. The van der Waals surface area contributed by atoms with Crippen LogP contribution < -0.4 is 21.7 Å². The second kappa shape index (κ2) is 14.4. The third kappa shape index (κ3) is 7.80. The Morgan fingerprint density at radius 1 is 1.15 bits per heavy atom. The number of aliphatic imine (C=N–C) groups is 1. The number of carbonyl (C=O) groups excluding carboxylic acids is 3. The number of amides is 2. The highest BCUT2D eigenvalue weighted by Gasteiger charge is 2.26. The van der Waals surface area contributed by atoms with Crippen molar-refractivity contribution in [2.45, 2.75) is 52.4 Å². The summed E-state index contributed by atoms with van der Waals surface area (Å²) in [4.78, 5) is 53.2. The molecule has 4 heterocycles. The number of thiophene rings is 1. The van der Waals surface area contributed by atoms with Crippen LogP contribution >= 0.6 is 11.3 Å². The molecule has 41 heavy (non-hydrogen) atoms. The van der Waals surface area contributed by atoms with Crippen molar-refractivity contribution >= 4 is 52.4 Å². The molecule has 4 rings (SSSR count). The minimum Gasteiger partial charge on any atom is -0.387 e. The Morgan fingerprint density at radius 2 is 1.88 bits per heavy atom. The van der Waals surface area contributed by atoms with Gasteiger partial charge in [-0.1, -0.05) is 19.9 Å². The van der Waals surface area contributed by atoms with Crippen molar-refractivity contribution < 1.29 is 14.4 Å². The van der Waals surface area contributed by atoms with Gasteiger partial charge in [-0.15, -0.1) is 11.3 Å². The zero-order valence-electron chi connectivity index (χ0n) is 24.0. The molecule has 2 aromatic rings. The van der Waals surface area contributed by atoms with Crippen LogP contribution in [0.15, 0.2) is 35.0 Å². The van der Waals surface area contributed by atoms with Crippen molar-refractivity contribution in [1.29, 1.82) is 0 Å². The van der Waals surface area contributed by atoms with Crippen molar-refractivity contribution in [3.8, 4) is 0 Å². The Morgan fingerprint density at radius 3 is 2.51 bits per heavy atom. The number of hydrogen-bond acceptors (Lipinski definition) is 9. The summed E-state index contributed by atoms with van der Waals surface area (Å²) in [6.07, 6.45) is 7.41. The van der Waals surface area contributed by atoms with E-state index in [0.717, 1.165) is 55.0 Å². The fraction of sp³-hybridized carbons (Fsp3) is 0.500. The van der Waals surface area contributed by atoms with Crippen molar-refractivity contribution in [3.63, 3.8) is 0 Å². The molecule has 0 aliphatic carbocycles. The molecule has 0 unspecified atom stereocenters. The number of pyridine rings is 1. The highest BCUT2D eigenvalue weighted by molar-refractivity contribution is 7.15. The zero-order valence-corrected chi connectivity index (χ0v) is 24.8. The molecular formula is C30H41N7O3S. The summed E-state index contributed by atoms with van der Waals surface area (Å²) in [7, 11) is 0. The van der Waals surface area contributed by atoms with E-state index in [0.29, 0.717) is 54.6 Å². The van der Waals surface area contributed by atoms with Gasteiger partial charge in [0.25, 0.3) is 0 Å². The molecule has 1 saturated heterocycles. The Hall–Kier alpha value is -3.57. The number of amidine groups is 1. The minimum atomic E-state index is -0.0319. The monoisotopic (exact) mass is 579 g/mol. The molecule has 2 aromatic heterocycles. The molecule has 2 aliphatic heterocycles. The van der Waals surface area contributed by atoms with Gasteiger partial charge in [0.05, 0.1) is 15.4 Å². The van der Waals surface area contributed by atoms with Crippen LogP contribution in [0.1, 0.15) is 66.1 Å². The molecular weight excluding hydrogens is 538 g/mol. The quantitative estimate of drug-likeness (QED) is 0.327. The molecule has 220 valence electrons. The summed E-state index contributed by atoms with van der Waals surface area (Å²) >= 11 is 1.34. The number of piperidine rings is 1. The lowest BCUT2D eigenvalue weighted by atomic mass is 9.96. The third-order valence-corrected chi connectivity index (χ3v) is 8.42. The van der Waals surface area contributed by atoms with E-state index >= 15 is 0 Å². The van der Waals surface area contributed by atoms with E-state index in [2.05, 4.69) is 34.0 Å². The van der Waals surface area contributed by atoms with Crippen LogP contribution in [-0.2, 0) is 16.0 Å². The number of nitrogens with zero attached hydrogens (tertiary/aromatic N) is 4. The smallest absolute Gasteiger partial charge is 0.250 e. The number of nitrogens with two attached hydrogens (primary N) is 2. The highest BCUT2D eigenvalue weighted by Crippen LogP contribution is 2.35. The van der Waals surface area contributed by atoms with E-state index < -0.39 is 0 Å². The molecule has 0 spiro atoms. The maximum atomic E-state index is 13.2. The van der Waals surface area contributed by atoms with Crippen molar-refractivity contribution in [3.05, 3.63) is 45.3 Å². The first kappa shape index (κ1) is 30.4. The van der Waals surface area contributed by atoms with Gasteiger partial charge in [0.2, 0.25) is 11.8 Å². The molecule has 0 atom stereocenters. The summed E-state index contributed by atoms with van der Waals surface area (Å²) in [6, 6.07) is 5.64. The lowest BCUT2D eigenvalue weighted by Gasteiger charge is -2.32. The van der Waals surface area contributed by atoms with Crippen LogP contribution in [0, 0.1) is 5.92 Å². The molecule has 2 aliphatic rings. The standard InChI is InChI=1S/C30H41N7O3S/c1-3-11-37(12-4-2)30(40)22-16-25-23(35-27(32)17-22)18-26(41-25)24(38)15-20-5-6-28(34-19-20)36-13-7-21(8-14-36)29(39)33-10-9-31/h5-6,16,18-19,21H,3-4,7-15,17,31H2,1-2H3,(H2,32,35)(H,33,39). The van der Waals surface area contributed by atoms with Gasteiger partial charge in [-0.25, -0.2) is 9.98 Å². The van der Waals surface area contributed by atoms with Crippen LogP contribution in [0.5, 0.6) is 0 Å². The third-order valence-electron chi connectivity index (χ3n) is 7.31. The molecule has 0 bridgehead atoms. The number of nitrogens with one attached hydrogen (secondary N) is 1. The van der Waals surface area contributed by atoms with Gasteiger partial charge in [-0.3, -0.25) is 14.4 Å². The first-order valence-corrected chi connectivity index (χ1v) is 15.3. The highest BCUT2D eigenvalue weighted by atomic mass is 32.1. The Bertz CT molecular complexity index is 1290. The zero-order chi connectivity index (χ0) is 29.4. The number of Topliss-reactive ketones (excluding diaryl/α,β-unsaturated/α-hetero) is 1. The summed E-state index contributed by atoms with van der Waals surface area (Å²) in [5.41, 5.74) is 13.7. The fourth-order valence-electron chi connectivity index (χ4n) is 5.21. The van der Waals surface area contributed by atoms with Gasteiger partial charge < -0.3 is 26.6 Å². The van der Waals surface area contributed by atoms with E-state index in [-0.39, 0.29) is 29.9 Å². The number of aromatic nitrogens is 1. The number of hydrogen-bond donors (Lipinski definition) is 3. The van der Waals surface area contributed by atoms with E-state index in [1.165, 1.54) is 11.3 Å². The number of anilines is 1. The summed E-state index contributed by atoms with van der Waals surface area (Å²) in [5.74, 6) is 1.24. The summed E-state index contributed by atoms with van der Waals surface area (Å²) < 4.78 is 0. The molecule has 1 fully saturated rings. The first-order chi connectivity index (χ1) is 19.8. The number of fused-ring (bicyclic) bond motifs is 1. The molecule has 0 radical (unpaired) electrons. The lowest BCUT2D eigenvalue weighted by molar-refractivity contribution is -0.127. The summed E-state index contributed by atoms with van der Waals surface area (Å²) in [5, 5.41) is 2.87. The normalized spacial score (nSPS) is 15.4. The maximum Gasteiger partial charge on any atom is 0.250 e. The SMILES string of the molecule is CCCN(CCC)C(=O)C1=Cc2sc(C(=O)Cc3ccc(N4CCC(C(=O)NCCN)CC4)nc3)cc2N=C(N)C1. The topological polar surface area (TPSA) is 147 Å².